The molecule has 0 amide bonds. The van der Waals surface area contributed by atoms with Crippen molar-refractivity contribution in [3.8, 4) is 0 Å². The van der Waals surface area contributed by atoms with Crippen LogP contribution in [0.3, 0.4) is 0 Å². The maximum atomic E-state index is 12.8. The highest BCUT2D eigenvalue weighted by molar-refractivity contribution is 7.92. The zero-order valence-electron chi connectivity index (χ0n) is 20.1. The molecule has 0 spiro atoms. The van der Waals surface area contributed by atoms with Gasteiger partial charge >= 0.3 is 11.9 Å². The van der Waals surface area contributed by atoms with E-state index in [0.717, 1.165) is 5.56 Å². The topological polar surface area (TPSA) is 98.8 Å². The second kappa shape index (κ2) is 11.7. The fraction of sp³-hybridized carbons (Fsp3) is 0.440. The zero-order valence-corrected chi connectivity index (χ0v) is 21.7. The van der Waals surface area contributed by atoms with Crippen molar-refractivity contribution in [2.75, 3.05) is 18.9 Å². The molecule has 0 aliphatic heterocycles. The maximum Gasteiger partial charge on any atom is 0.311 e. The van der Waals surface area contributed by atoms with Crippen LogP contribution in [0, 0.1) is 11.3 Å². The highest BCUT2D eigenvalue weighted by Gasteiger charge is 2.40. The fourth-order valence-electron chi connectivity index (χ4n) is 4.12. The molecule has 34 heavy (non-hydrogen) atoms. The Balaban J connectivity index is 2.22. The molecule has 0 aliphatic rings. The summed E-state index contributed by atoms with van der Waals surface area (Å²) in [5.74, 6) is -1.28. The van der Waals surface area contributed by atoms with Crippen molar-refractivity contribution in [2.24, 2.45) is 11.3 Å². The van der Waals surface area contributed by atoms with Crippen LogP contribution in [0.25, 0.3) is 0 Å². The van der Waals surface area contributed by atoms with E-state index in [1.165, 1.54) is 26.4 Å². The molecular weight excluding hydrogens is 478 g/mol. The summed E-state index contributed by atoms with van der Waals surface area (Å²) in [4.78, 5) is 24.9. The van der Waals surface area contributed by atoms with E-state index in [9.17, 15) is 18.0 Å². The number of para-hydroxylation sites is 1. The minimum Gasteiger partial charge on any atom is -0.469 e. The number of ether oxygens (including phenoxy) is 2. The summed E-state index contributed by atoms with van der Waals surface area (Å²) in [6.45, 7) is 5.61. The molecule has 1 N–H and O–H groups in total. The van der Waals surface area contributed by atoms with Gasteiger partial charge in [0.25, 0.3) is 10.0 Å². The Hall–Kier alpha value is -2.58. The Morgan fingerprint density at radius 3 is 2.18 bits per heavy atom. The van der Waals surface area contributed by atoms with Gasteiger partial charge in [-0.05, 0) is 61.9 Å². The molecule has 3 unspecified atom stereocenters. The highest BCUT2D eigenvalue weighted by atomic mass is 35.5. The molecule has 0 aromatic heterocycles. The van der Waals surface area contributed by atoms with Gasteiger partial charge in [-0.25, -0.2) is 8.42 Å². The number of methoxy groups -OCH3 is 2. The lowest BCUT2D eigenvalue weighted by Crippen LogP contribution is -2.35. The summed E-state index contributed by atoms with van der Waals surface area (Å²) < 4.78 is 38.0. The van der Waals surface area contributed by atoms with Crippen molar-refractivity contribution in [3.05, 3.63) is 59.1 Å². The predicted octanol–water partition coefficient (Wildman–Crippen LogP) is 5.40. The smallest absolute Gasteiger partial charge is 0.311 e. The number of sulfonamides is 1. The Bertz CT molecular complexity index is 1100. The van der Waals surface area contributed by atoms with Crippen molar-refractivity contribution in [1.29, 1.82) is 0 Å². The van der Waals surface area contributed by atoms with Gasteiger partial charge in [-0.1, -0.05) is 49.7 Å². The molecule has 0 aliphatic carbocycles. The van der Waals surface area contributed by atoms with Crippen LogP contribution in [0.1, 0.15) is 51.5 Å². The lowest BCUT2D eigenvalue weighted by molar-refractivity contribution is -0.156. The molecular formula is C25H32ClNO6S. The van der Waals surface area contributed by atoms with E-state index in [2.05, 4.69) is 4.72 Å². The molecule has 0 saturated carbocycles. The summed E-state index contributed by atoms with van der Waals surface area (Å²) >= 11 is 6.07. The van der Waals surface area contributed by atoms with Gasteiger partial charge in [0, 0.05) is 0 Å². The standard InChI is InChI=1S/C25H32ClNO6S/c1-6-18(23(28)32-4)16-25(3,24(29)33-5)15-17(2)19-11-13-20(14-12-19)34(30,31)27-22-10-8-7-9-21(22)26/h7-14,17-18,27H,6,15-16H2,1-5H3. The van der Waals surface area contributed by atoms with E-state index in [-0.39, 0.29) is 16.8 Å². The van der Waals surface area contributed by atoms with Crippen LogP contribution in [0.5, 0.6) is 0 Å². The molecule has 186 valence electrons. The number of esters is 2. The van der Waals surface area contributed by atoms with Crippen molar-refractivity contribution in [2.45, 2.75) is 50.8 Å². The van der Waals surface area contributed by atoms with Crippen LogP contribution >= 0.6 is 11.6 Å². The lowest BCUT2D eigenvalue weighted by Gasteiger charge is -2.32. The highest BCUT2D eigenvalue weighted by Crippen LogP contribution is 2.39. The van der Waals surface area contributed by atoms with Gasteiger partial charge in [-0.15, -0.1) is 0 Å². The van der Waals surface area contributed by atoms with Crippen LogP contribution < -0.4 is 4.72 Å². The molecule has 0 saturated heterocycles. The molecule has 2 aromatic carbocycles. The van der Waals surface area contributed by atoms with Crippen LogP contribution in [0.4, 0.5) is 5.69 Å². The Morgan fingerprint density at radius 2 is 1.65 bits per heavy atom. The minimum atomic E-state index is -3.82. The van der Waals surface area contributed by atoms with Gasteiger partial charge in [-0.2, -0.15) is 0 Å². The zero-order chi connectivity index (χ0) is 25.5. The summed E-state index contributed by atoms with van der Waals surface area (Å²) in [6.07, 6.45) is 1.25. The molecule has 0 heterocycles. The van der Waals surface area contributed by atoms with Crippen molar-refractivity contribution in [3.63, 3.8) is 0 Å². The maximum absolute atomic E-state index is 12.8. The normalized spacial score (nSPS) is 15.0. The molecule has 0 fully saturated rings. The van der Waals surface area contributed by atoms with E-state index in [4.69, 9.17) is 21.1 Å². The first-order valence-corrected chi connectivity index (χ1v) is 12.9. The first kappa shape index (κ1) is 27.7. The van der Waals surface area contributed by atoms with Crippen molar-refractivity contribution in [1.82, 2.24) is 0 Å². The molecule has 0 bridgehead atoms. The number of hydrogen-bond acceptors (Lipinski definition) is 6. The van der Waals surface area contributed by atoms with E-state index < -0.39 is 27.3 Å². The Kier molecular flexibility index (Phi) is 9.53. The third-order valence-corrected chi connectivity index (χ3v) is 7.75. The third kappa shape index (κ3) is 6.73. The average Bonchev–Trinajstić information content (AvgIpc) is 2.82. The van der Waals surface area contributed by atoms with E-state index in [1.54, 1.807) is 43.3 Å². The number of anilines is 1. The fourth-order valence-corrected chi connectivity index (χ4v) is 5.44. The first-order valence-electron chi connectivity index (χ1n) is 11.0. The summed E-state index contributed by atoms with van der Waals surface area (Å²) in [7, 11) is -1.16. The largest absolute Gasteiger partial charge is 0.469 e. The van der Waals surface area contributed by atoms with Gasteiger partial charge in [0.05, 0.1) is 41.2 Å². The van der Waals surface area contributed by atoms with Crippen molar-refractivity contribution >= 4 is 39.3 Å². The molecule has 7 nitrogen and oxygen atoms in total. The minimum absolute atomic E-state index is 0.0934. The Labute approximate surface area is 206 Å². The van der Waals surface area contributed by atoms with Crippen LogP contribution in [0.15, 0.2) is 53.4 Å². The second-order valence-electron chi connectivity index (χ2n) is 8.64. The number of carbonyl (C=O) groups excluding carboxylic acids is 2. The molecule has 2 rings (SSSR count). The van der Waals surface area contributed by atoms with E-state index in [0.29, 0.717) is 30.0 Å². The lowest BCUT2D eigenvalue weighted by atomic mass is 9.73. The van der Waals surface area contributed by atoms with E-state index >= 15 is 0 Å². The summed E-state index contributed by atoms with van der Waals surface area (Å²) in [5.41, 5.74) is 0.240. The number of benzene rings is 2. The summed E-state index contributed by atoms with van der Waals surface area (Å²) in [5, 5.41) is 0.302. The van der Waals surface area contributed by atoms with Crippen LogP contribution in [-0.2, 0) is 29.1 Å². The van der Waals surface area contributed by atoms with E-state index in [1.807, 2.05) is 13.8 Å². The predicted molar refractivity (Wildman–Crippen MR) is 132 cm³/mol. The van der Waals surface area contributed by atoms with Crippen molar-refractivity contribution < 1.29 is 27.5 Å². The van der Waals surface area contributed by atoms with Gasteiger partial charge in [-0.3, -0.25) is 14.3 Å². The first-order chi connectivity index (χ1) is 16.0. The van der Waals surface area contributed by atoms with Crippen LogP contribution in [0.2, 0.25) is 5.02 Å². The number of nitrogens with one attached hydrogen (secondary N) is 1. The van der Waals surface area contributed by atoms with Crippen LogP contribution in [-0.4, -0.2) is 34.6 Å². The molecule has 9 heteroatoms. The monoisotopic (exact) mass is 509 g/mol. The number of carbonyl (C=O) groups is 2. The summed E-state index contributed by atoms with van der Waals surface area (Å²) in [6, 6.07) is 13.1. The van der Waals surface area contributed by atoms with Gasteiger partial charge in [0.2, 0.25) is 0 Å². The quantitative estimate of drug-likeness (QED) is 0.407. The Morgan fingerprint density at radius 1 is 1.03 bits per heavy atom. The molecule has 0 radical (unpaired) electrons. The molecule has 3 atom stereocenters. The number of halogens is 1. The van der Waals surface area contributed by atoms with Gasteiger partial charge in [0.15, 0.2) is 0 Å². The second-order valence-corrected chi connectivity index (χ2v) is 10.7. The number of hydrogen-bond donors (Lipinski definition) is 1. The van der Waals surface area contributed by atoms with Gasteiger partial charge < -0.3 is 9.47 Å². The average molecular weight is 510 g/mol. The SMILES string of the molecule is CCC(CC(C)(CC(C)c1ccc(S(=O)(=O)Nc2ccccc2Cl)cc1)C(=O)OC)C(=O)OC. The van der Waals surface area contributed by atoms with Gasteiger partial charge in [0.1, 0.15) is 0 Å². The number of rotatable bonds is 11. The third-order valence-electron chi connectivity index (χ3n) is 6.04. The molecule has 2 aromatic rings.